The lowest BCUT2D eigenvalue weighted by molar-refractivity contribution is 0.0342. The fourth-order valence-electron chi connectivity index (χ4n) is 5.18. The number of aromatic nitrogens is 1. The van der Waals surface area contributed by atoms with Crippen molar-refractivity contribution >= 4 is 20.9 Å². The summed E-state index contributed by atoms with van der Waals surface area (Å²) in [6.07, 6.45) is 3.62. The first kappa shape index (κ1) is 23.5. The van der Waals surface area contributed by atoms with Gasteiger partial charge in [0.1, 0.15) is 5.82 Å². The van der Waals surface area contributed by atoms with Crippen LogP contribution in [0.5, 0.6) is 0 Å². The summed E-state index contributed by atoms with van der Waals surface area (Å²) in [5.74, 6) is 0.203. The second kappa shape index (κ2) is 9.77. The molecule has 8 heteroatoms. The van der Waals surface area contributed by atoms with Gasteiger partial charge in [-0.1, -0.05) is 12.1 Å². The molecule has 0 unspecified atom stereocenters. The molecule has 3 heterocycles. The molecule has 6 nitrogen and oxygen atoms in total. The number of H-pyrrole nitrogens is 1. The van der Waals surface area contributed by atoms with Crippen molar-refractivity contribution < 1.29 is 17.5 Å². The molecule has 2 fully saturated rings. The molecule has 0 saturated carbocycles. The average Bonchev–Trinajstić information content (AvgIpc) is 3.29. The first-order chi connectivity index (χ1) is 16.4. The van der Waals surface area contributed by atoms with Crippen molar-refractivity contribution in [2.24, 2.45) is 0 Å². The van der Waals surface area contributed by atoms with Crippen molar-refractivity contribution in [2.75, 3.05) is 45.1 Å². The fourth-order valence-corrected chi connectivity index (χ4v) is 6.32. The van der Waals surface area contributed by atoms with E-state index in [1.807, 2.05) is 30.5 Å². The number of aromatic amines is 1. The highest BCUT2D eigenvalue weighted by molar-refractivity contribution is 7.89. The predicted octanol–water partition coefficient (Wildman–Crippen LogP) is 4.34. The number of sulfonamides is 1. The molecule has 1 N–H and O–H groups in total. The van der Waals surface area contributed by atoms with Gasteiger partial charge >= 0.3 is 0 Å². The van der Waals surface area contributed by atoms with Crippen LogP contribution >= 0.6 is 0 Å². The van der Waals surface area contributed by atoms with Gasteiger partial charge in [-0.25, -0.2) is 17.1 Å². The van der Waals surface area contributed by atoms with Crippen LogP contribution in [0.15, 0.2) is 42.6 Å². The van der Waals surface area contributed by atoms with Crippen LogP contribution in [-0.2, 0) is 21.3 Å². The summed E-state index contributed by atoms with van der Waals surface area (Å²) in [5.41, 5.74) is 4.78. The Labute approximate surface area is 200 Å². The first-order valence-corrected chi connectivity index (χ1v) is 13.7. The first-order valence-electron chi connectivity index (χ1n) is 12.1. The summed E-state index contributed by atoms with van der Waals surface area (Å²) in [4.78, 5) is 5.69. The van der Waals surface area contributed by atoms with Gasteiger partial charge in [-0.15, -0.1) is 0 Å². The van der Waals surface area contributed by atoms with Crippen molar-refractivity contribution in [1.29, 1.82) is 0 Å². The fraction of sp³-hybridized carbons (Fsp3) is 0.462. The third-order valence-electron chi connectivity index (χ3n) is 7.22. The minimum atomic E-state index is -3.14. The van der Waals surface area contributed by atoms with Crippen molar-refractivity contribution in [3.8, 4) is 11.1 Å². The molecular weight excluding hydrogens is 453 g/mol. The quantitative estimate of drug-likeness (QED) is 0.564. The summed E-state index contributed by atoms with van der Waals surface area (Å²) in [5, 5.41) is 1.09. The van der Waals surface area contributed by atoms with Crippen LogP contribution in [0.1, 0.15) is 36.8 Å². The highest BCUT2D eigenvalue weighted by atomic mass is 32.2. The van der Waals surface area contributed by atoms with Gasteiger partial charge < -0.3 is 9.72 Å². The van der Waals surface area contributed by atoms with Gasteiger partial charge in [0.25, 0.3) is 0 Å². The molecule has 182 valence electrons. The topological polar surface area (TPSA) is 65.6 Å². The monoisotopic (exact) mass is 485 g/mol. The summed E-state index contributed by atoms with van der Waals surface area (Å²) in [6, 6.07) is 11.5. The largest absolute Gasteiger partial charge is 0.379 e. The molecule has 0 amide bonds. The van der Waals surface area contributed by atoms with E-state index in [9.17, 15) is 12.8 Å². The van der Waals surface area contributed by atoms with E-state index >= 15 is 0 Å². The van der Waals surface area contributed by atoms with Crippen LogP contribution in [0.25, 0.3) is 22.0 Å². The highest BCUT2D eigenvalue weighted by Gasteiger charge is 2.28. The number of ether oxygens (including phenoxy) is 1. The van der Waals surface area contributed by atoms with E-state index in [0.29, 0.717) is 18.7 Å². The molecule has 0 aliphatic carbocycles. The van der Waals surface area contributed by atoms with Crippen LogP contribution in [0.4, 0.5) is 4.39 Å². The number of hydrogen-bond acceptors (Lipinski definition) is 4. The Morgan fingerprint density at radius 1 is 1.06 bits per heavy atom. The number of halogens is 1. The number of benzene rings is 2. The Morgan fingerprint density at radius 2 is 1.82 bits per heavy atom. The van der Waals surface area contributed by atoms with E-state index in [-0.39, 0.29) is 17.5 Å². The predicted molar refractivity (Wildman–Crippen MR) is 133 cm³/mol. The molecule has 2 aliphatic heterocycles. The Balaban J connectivity index is 1.40. The van der Waals surface area contributed by atoms with E-state index in [1.54, 1.807) is 17.3 Å². The lowest BCUT2D eigenvalue weighted by Gasteiger charge is -2.30. The number of rotatable bonds is 6. The number of piperidine rings is 1. The number of hydrogen-bond donors (Lipinski definition) is 1. The molecule has 0 bridgehead atoms. The number of morpholine rings is 1. The van der Waals surface area contributed by atoms with Crippen molar-refractivity contribution in [3.05, 3.63) is 59.5 Å². The van der Waals surface area contributed by atoms with E-state index in [4.69, 9.17) is 4.74 Å². The zero-order valence-corrected chi connectivity index (χ0v) is 20.4. The molecule has 0 spiro atoms. The van der Waals surface area contributed by atoms with Crippen LogP contribution in [0.3, 0.4) is 0 Å². The lowest BCUT2D eigenvalue weighted by atomic mass is 9.89. The van der Waals surface area contributed by atoms with Gasteiger partial charge in [-0.05, 0) is 66.6 Å². The van der Waals surface area contributed by atoms with E-state index in [2.05, 4.69) is 16.0 Å². The van der Waals surface area contributed by atoms with E-state index in [0.717, 1.165) is 67.7 Å². The van der Waals surface area contributed by atoms with Crippen molar-refractivity contribution in [2.45, 2.75) is 32.2 Å². The Kier molecular flexibility index (Phi) is 6.75. The number of nitrogens with one attached hydrogen (secondary N) is 1. The van der Waals surface area contributed by atoms with Gasteiger partial charge in [0, 0.05) is 55.4 Å². The summed E-state index contributed by atoms with van der Waals surface area (Å²) in [7, 11) is -3.14. The maximum absolute atomic E-state index is 14.9. The third-order valence-corrected chi connectivity index (χ3v) is 9.10. The Morgan fingerprint density at radius 3 is 2.56 bits per heavy atom. The van der Waals surface area contributed by atoms with Crippen molar-refractivity contribution in [1.82, 2.24) is 14.2 Å². The van der Waals surface area contributed by atoms with Crippen LogP contribution in [0.2, 0.25) is 0 Å². The second-order valence-electron chi connectivity index (χ2n) is 9.28. The minimum absolute atomic E-state index is 0.143. The SMILES string of the molecule is CCS(=O)(=O)N1CCC(c2c[nH]c3ccc(-c4cc(CN5CCOCC5)ccc4F)cc23)CC1. The lowest BCUT2D eigenvalue weighted by Crippen LogP contribution is -2.38. The molecular formula is C26H32FN3O3S. The average molecular weight is 486 g/mol. The van der Waals surface area contributed by atoms with Gasteiger partial charge in [0.2, 0.25) is 10.0 Å². The molecule has 0 atom stereocenters. The van der Waals surface area contributed by atoms with E-state index in [1.165, 1.54) is 5.56 Å². The Hall–Kier alpha value is -2.26. The molecule has 2 saturated heterocycles. The number of fused-ring (bicyclic) bond motifs is 1. The van der Waals surface area contributed by atoms with Crippen LogP contribution < -0.4 is 0 Å². The van der Waals surface area contributed by atoms with Crippen LogP contribution in [-0.4, -0.2) is 67.8 Å². The van der Waals surface area contributed by atoms with Gasteiger partial charge in [-0.2, -0.15) is 0 Å². The Bertz CT molecular complexity index is 1260. The third kappa shape index (κ3) is 4.77. The summed E-state index contributed by atoms with van der Waals surface area (Å²) < 4.78 is 46.4. The second-order valence-corrected chi connectivity index (χ2v) is 11.5. The normalized spacial score (nSPS) is 19.1. The minimum Gasteiger partial charge on any atom is -0.379 e. The summed E-state index contributed by atoms with van der Waals surface area (Å²) in [6.45, 7) is 6.84. The van der Waals surface area contributed by atoms with Crippen molar-refractivity contribution in [3.63, 3.8) is 0 Å². The number of nitrogens with zero attached hydrogens (tertiary/aromatic N) is 2. The molecule has 1 aromatic heterocycles. The maximum atomic E-state index is 14.9. The van der Waals surface area contributed by atoms with Gasteiger partial charge in [0.05, 0.1) is 19.0 Å². The molecule has 3 aromatic rings. The molecule has 2 aromatic carbocycles. The highest BCUT2D eigenvalue weighted by Crippen LogP contribution is 2.36. The zero-order chi connectivity index (χ0) is 23.7. The smallest absolute Gasteiger partial charge is 0.213 e. The van der Waals surface area contributed by atoms with Gasteiger partial charge in [-0.3, -0.25) is 4.90 Å². The summed E-state index contributed by atoms with van der Waals surface area (Å²) >= 11 is 0. The van der Waals surface area contributed by atoms with E-state index < -0.39 is 10.0 Å². The standard InChI is InChI=1S/C26H32FN3O3S/c1-2-34(31,32)30-9-7-20(8-10-30)24-17-28-26-6-4-21(16-23(24)26)22-15-19(3-5-25(22)27)18-29-11-13-33-14-12-29/h3-6,15-17,20,28H,2,7-14,18H2,1H3. The molecule has 2 aliphatic rings. The van der Waals surface area contributed by atoms with Crippen LogP contribution in [0, 0.1) is 5.82 Å². The molecule has 34 heavy (non-hydrogen) atoms. The molecule has 0 radical (unpaired) electrons. The zero-order valence-electron chi connectivity index (χ0n) is 19.6. The maximum Gasteiger partial charge on any atom is 0.213 e. The molecule has 5 rings (SSSR count). The van der Waals surface area contributed by atoms with Gasteiger partial charge in [0.15, 0.2) is 0 Å².